The zero-order chi connectivity index (χ0) is 18.2. The van der Waals surface area contributed by atoms with Crippen LogP contribution in [0.15, 0.2) is 41.1 Å². The average Bonchev–Trinajstić information content (AvgIpc) is 3.19. The molecule has 26 heavy (non-hydrogen) atoms. The van der Waals surface area contributed by atoms with Gasteiger partial charge in [0.15, 0.2) is 0 Å². The number of benzene rings is 1. The fourth-order valence-electron chi connectivity index (χ4n) is 3.48. The molecule has 1 unspecified atom stereocenters. The molecule has 140 valence electrons. The van der Waals surface area contributed by atoms with Crippen molar-refractivity contribution in [3.63, 3.8) is 0 Å². The molecule has 3 rings (SSSR count). The number of carbonyl (C=O) groups is 1. The summed E-state index contributed by atoms with van der Waals surface area (Å²) in [6.45, 7) is 5.53. The van der Waals surface area contributed by atoms with E-state index in [2.05, 4.69) is 27.0 Å². The number of nitrogens with zero attached hydrogens (tertiary/aromatic N) is 1. The normalized spacial score (nSPS) is 16.2. The van der Waals surface area contributed by atoms with E-state index < -0.39 is 0 Å². The number of hydrogen-bond acceptors (Lipinski definition) is 4. The SMILES string of the molecule is CCOc1ccc(CC(=O)NCC(c2ccsc2)N2CCCCC2)cc1. The maximum absolute atomic E-state index is 12.4. The molecular formula is C21H28N2O2S. The molecule has 1 fully saturated rings. The molecule has 0 saturated carbocycles. The Hall–Kier alpha value is -1.85. The molecule has 4 nitrogen and oxygen atoms in total. The summed E-state index contributed by atoms with van der Waals surface area (Å²) in [4.78, 5) is 14.9. The summed E-state index contributed by atoms with van der Waals surface area (Å²) >= 11 is 1.72. The van der Waals surface area contributed by atoms with Crippen molar-refractivity contribution in [1.29, 1.82) is 0 Å². The first-order chi connectivity index (χ1) is 12.8. The summed E-state index contributed by atoms with van der Waals surface area (Å²) in [6.07, 6.45) is 4.22. The highest BCUT2D eigenvalue weighted by Crippen LogP contribution is 2.25. The number of hydrogen-bond donors (Lipinski definition) is 1. The van der Waals surface area contributed by atoms with Crippen LogP contribution in [0.4, 0.5) is 0 Å². The molecular weight excluding hydrogens is 344 g/mol. The summed E-state index contributed by atoms with van der Waals surface area (Å²) < 4.78 is 5.45. The van der Waals surface area contributed by atoms with Crippen molar-refractivity contribution < 1.29 is 9.53 Å². The Bertz CT molecular complexity index is 664. The second-order valence-corrected chi connectivity index (χ2v) is 7.51. The Kier molecular flexibility index (Phi) is 7.09. The number of thiophene rings is 1. The number of rotatable bonds is 8. The Balaban J connectivity index is 1.55. The fourth-order valence-corrected chi connectivity index (χ4v) is 4.19. The van der Waals surface area contributed by atoms with E-state index in [1.807, 2.05) is 31.2 Å². The van der Waals surface area contributed by atoms with Crippen LogP contribution in [0.25, 0.3) is 0 Å². The monoisotopic (exact) mass is 372 g/mol. The summed E-state index contributed by atoms with van der Waals surface area (Å²) in [5.41, 5.74) is 2.33. The highest BCUT2D eigenvalue weighted by Gasteiger charge is 2.23. The van der Waals surface area contributed by atoms with Crippen molar-refractivity contribution >= 4 is 17.2 Å². The van der Waals surface area contributed by atoms with Gasteiger partial charge in [-0.05, 0) is 72.9 Å². The molecule has 1 aromatic carbocycles. The van der Waals surface area contributed by atoms with E-state index in [0.717, 1.165) is 24.4 Å². The number of carbonyl (C=O) groups excluding carboxylic acids is 1. The number of amides is 1. The van der Waals surface area contributed by atoms with Gasteiger partial charge in [-0.3, -0.25) is 9.69 Å². The van der Waals surface area contributed by atoms with Crippen LogP contribution in [0.5, 0.6) is 5.75 Å². The third kappa shape index (κ3) is 5.32. The predicted molar refractivity (Wildman–Crippen MR) is 107 cm³/mol. The van der Waals surface area contributed by atoms with E-state index in [9.17, 15) is 4.79 Å². The van der Waals surface area contributed by atoms with Crippen LogP contribution < -0.4 is 10.1 Å². The average molecular weight is 373 g/mol. The summed E-state index contributed by atoms with van der Waals surface area (Å²) in [7, 11) is 0. The van der Waals surface area contributed by atoms with Crippen LogP contribution in [0.3, 0.4) is 0 Å². The number of piperidine rings is 1. The molecule has 1 atom stereocenters. The van der Waals surface area contributed by atoms with E-state index in [0.29, 0.717) is 19.6 Å². The maximum Gasteiger partial charge on any atom is 0.224 e. The van der Waals surface area contributed by atoms with Gasteiger partial charge in [-0.2, -0.15) is 11.3 Å². The molecule has 0 radical (unpaired) electrons. The van der Waals surface area contributed by atoms with Crippen LogP contribution in [0, 0.1) is 0 Å². The molecule has 0 bridgehead atoms. The topological polar surface area (TPSA) is 41.6 Å². The Labute approximate surface area is 160 Å². The second-order valence-electron chi connectivity index (χ2n) is 6.73. The molecule has 1 aliphatic rings. The van der Waals surface area contributed by atoms with Crippen molar-refractivity contribution in [2.45, 2.75) is 38.6 Å². The molecule has 5 heteroatoms. The van der Waals surface area contributed by atoms with Crippen molar-refractivity contribution in [3.05, 3.63) is 52.2 Å². The molecule has 0 aliphatic carbocycles. The third-order valence-corrected chi connectivity index (χ3v) is 5.55. The largest absolute Gasteiger partial charge is 0.494 e. The van der Waals surface area contributed by atoms with Crippen molar-refractivity contribution in [1.82, 2.24) is 10.2 Å². The van der Waals surface area contributed by atoms with Gasteiger partial charge < -0.3 is 10.1 Å². The minimum atomic E-state index is 0.0754. The van der Waals surface area contributed by atoms with Crippen molar-refractivity contribution in [2.24, 2.45) is 0 Å². The highest BCUT2D eigenvalue weighted by molar-refractivity contribution is 7.07. The van der Waals surface area contributed by atoms with Crippen molar-refractivity contribution in [2.75, 3.05) is 26.2 Å². The van der Waals surface area contributed by atoms with Crippen molar-refractivity contribution in [3.8, 4) is 5.75 Å². The fraction of sp³-hybridized carbons (Fsp3) is 0.476. The lowest BCUT2D eigenvalue weighted by atomic mass is 10.0. The number of nitrogens with one attached hydrogen (secondary N) is 1. The third-order valence-electron chi connectivity index (χ3n) is 4.85. The lowest BCUT2D eigenvalue weighted by Gasteiger charge is -2.34. The summed E-state index contributed by atoms with van der Waals surface area (Å²) in [5.74, 6) is 0.922. The van der Waals surface area contributed by atoms with Crippen LogP contribution in [0.1, 0.15) is 43.4 Å². The lowest BCUT2D eigenvalue weighted by Crippen LogP contribution is -2.40. The molecule has 1 aliphatic heterocycles. The van der Waals surface area contributed by atoms with Gasteiger partial charge >= 0.3 is 0 Å². The maximum atomic E-state index is 12.4. The van der Waals surface area contributed by atoms with Gasteiger partial charge in [-0.25, -0.2) is 0 Å². The summed E-state index contributed by atoms with van der Waals surface area (Å²) in [5, 5.41) is 7.47. The molecule has 0 spiro atoms. The molecule has 2 heterocycles. The van der Waals surface area contributed by atoms with Crippen LogP contribution in [-0.2, 0) is 11.2 Å². The second kappa shape index (κ2) is 9.74. The van der Waals surface area contributed by atoms with Gasteiger partial charge in [0, 0.05) is 6.54 Å². The predicted octanol–water partition coefficient (Wildman–Crippen LogP) is 4.03. The molecule has 1 amide bonds. The minimum Gasteiger partial charge on any atom is -0.494 e. The van der Waals surface area contributed by atoms with Crippen LogP contribution in [0.2, 0.25) is 0 Å². The molecule has 1 saturated heterocycles. The van der Waals surface area contributed by atoms with Gasteiger partial charge in [0.25, 0.3) is 0 Å². The van der Waals surface area contributed by atoms with E-state index in [1.165, 1.54) is 24.8 Å². The first kappa shape index (κ1) is 18.9. The van der Waals surface area contributed by atoms with E-state index in [4.69, 9.17) is 4.74 Å². The van der Waals surface area contributed by atoms with E-state index in [1.54, 1.807) is 11.3 Å². The van der Waals surface area contributed by atoms with Gasteiger partial charge in [-0.1, -0.05) is 18.6 Å². The zero-order valence-corrected chi connectivity index (χ0v) is 16.3. The Morgan fingerprint density at radius 1 is 1.19 bits per heavy atom. The van der Waals surface area contributed by atoms with Gasteiger partial charge in [-0.15, -0.1) is 0 Å². The van der Waals surface area contributed by atoms with Crippen LogP contribution >= 0.6 is 11.3 Å². The number of ether oxygens (including phenoxy) is 1. The van der Waals surface area contributed by atoms with Gasteiger partial charge in [0.1, 0.15) is 5.75 Å². The lowest BCUT2D eigenvalue weighted by molar-refractivity contribution is -0.120. The quantitative estimate of drug-likeness (QED) is 0.761. The minimum absolute atomic E-state index is 0.0754. The smallest absolute Gasteiger partial charge is 0.224 e. The first-order valence-corrected chi connectivity index (χ1v) is 10.4. The summed E-state index contributed by atoms with van der Waals surface area (Å²) in [6, 6.07) is 10.2. The first-order valence-electron chi connectivity index (χ1n) is 9.51. The molecule has 2 aromatic rings. The molecule has 1 N–H and O–H groups in total. The standard InChI is InChI=1S/C21H28N2O2S/c1-2-25-19-8-6-17(7-9-19)14-21(24)22-15-20(18-10-13-26-16-18)23-11-4-3-5-12-23/h6-10,13,16,20H,2-5,11-12,14-15H2,1H3,(H,22,24). The molecule has 1 aromatic heterocycles. The Morgan fingerprint density at radius 3 is 2.62 bits per heavy atom. The van der Waals surface area contributed by atoms with Crippen LogP contribution in [-0.4, -0.2) is 37.0 Å². The van der Waals surface area contributed by atoms with Gasteiger partial charge in [0.05, 0.1) is 19.1 Å². The van der Waals surface area contributed by atoms with E-state index in [-0.39, 0.29) is 11.9 Å². The number of likely N-dealkylation sites (tertiary alicyclic amines) is 1. The zero-order valence-electron chi connectivity index (χ0n) is 15.4. The highest BCUT2D eigenvalue weighted by atomic mass is 32.1. The van der Waals surface area contributed by atoms with Gasteiger partial charge in [0.2, 0.25) is 5.91 Å². The van der Waals surface area contributed by atoms with E-state index >= 15 is 0 Å². The Morgan fingerprint density at radius 2 is 1.96 bits per heavy atom.